The smallest absolute Gasteiger partial charge is 0.238 e. The Bertz CT molecular complexity index is 713. The SMILES string of the molecule is COc1ccccc1NC(=O)CN1CCN(Cc2cnc(N)s2)CC1. The van der Waals surface area contributed by atoms with Gasteiger partial charge in [0.2, 0.25) is 5.91 Å². The van der Waals surface area contributed by atoms with E-state index < -0.39 is 0 Å². The van der Waals surface area contributed by atoms with Crippen molar-refractivity contribution in [3.63, 3.8) is 0 Å². The number of nitrogens with one attached hydrogen (secondary N) is 1. The van der Waals surface area contributed by atoms with E-state index in [-0.39, 0.29) is 5.91 Å². The summed E-state index contributed by atoms with van der Waals surface area (Å²) in [4.78, 5) is 22.1. The molecular weight excluding hydrogens is 338 g/mol. The van der Waals surface area contributed by atoms with E-state index >= 15 is 0 Å². The maximum atomic E-state index is 12.3. The van der Waals surface area contributed by atoms with E-state index in [9.17, 15) is 4.79 Å². The average molecular weight is 361 g/mol. The molecule has 0 radical (unpaired) electrons. The first-order valence-electron chi connectivity index (χ1n) is 8.22. The predicted octanol–water partition coefficient (Wildman–Crippen LogP) is 1.49. The normalized spacial score (nSPS) is 15.9. The van der Waals surface area contributed by atoms with Gasteiger partial charge in [0.1, 0.15) is 5.75 Å². The van der Waals surface area contributed by atoms with Gasteiger partial charge in [0.25, 0.3) is 0 Å². The molecule has 2 heterocycles. The lowest BCUT2D eigenvalue weighted by Crippen LogP contribution is -2.48. The number of benzene rings is 1. The van der Waals surface area contributed by atoms with Crippen molar-refractivity contribution < 1.29 is 9.53 Å². The van der Waals surface area contributed by atoms with E-state index in [0.29, 0.717) is 23.1 Å². The van der Waals surface area contributed by atoms with Crippen LogP contribution in [0.25, 0.3) is 0 Å². The number of hydrogen-bond acceptors (Lipinski definition) is 7. The van der Waals surface area contributed by atoms with Gasteiger partial charge in [0.05, 0.1) is 19.3 Å². The zero-order chi connectivity index (χ0) is 17.6. The Hall–Kier alpha value is -2.16. The van der Waals surface area contributed by atoms with Crippen molar-refractivity contribution in [3.8, 4) is 5.75 Å². The summed E-state index contributed by atoms with van der Waals surface area (Å²) in [5.41, 5.74) is 6.38. The first-order valence-corrected chi connectivity index (χ1v) is 9.03. The number of amides is 1. The summed E-state index contributed by atoms with van der Waals surface area (Å²) in [6.45, 7) is 4.86. The molecule has 0 spiro atoms. The third kappa shape index (κ3) is 4.91. The van der Waals surface area contributed by atoms with Crippen LogP contribution < -0.4 is 15.8 Å². The fraction of sp³-hybridized carbons (Fsp3) is 0.412. The molecule has 3 rings (SSSR count). The lowest BCUT2D eigenvalue weighted by Gasteiger charge is -2.33. The second-order valence-corrected chi connectivity index (χ2v) is 7.11. The number of nitrogen functional groups attached to an aromatic ring is 1. The fourth-order valence-corrected chi connectivity index (χ4v) is 3.59. The summed E-state index contributed by atoms with van der Waals surface area (Å²) < 4.78 is 5.26. The molecule has 1 aromatic heterocycles. The first-order chi connectivity index (χ1) is 12.1. The number of nitrogens with zero attached hydrogens (tertiary/aromatic N) is 3. The average Bonchev–Trinajstić information content (AvgIpc) is 3.02. The van der Waals surface area contributed by atoms with Crippen molar-refractivity contribution in [3.05, 3.63) is 35.3 Å². The molecule has 1 fully saturated rings. The van der Waals surface area contributed by atoms with Crippen molar-refractivity contribution in [2.75, 3.05) is 50.9 Å². The number of thiazole rings is 1. The number of anilines is 2. The maximum Gasteiger partial charge on any atom is 0.238 e. The van der Waals surface area contributed by atoms with Crippen LogP contribution in [0.5, 0.6) is 5.75 Å². The van der Waals surface area contributed by atoms with Crippen LogP contribution >= 0.6 is 11.3 Å². The molecule has 2 aromatic rings. The minimum absolute atomic E-state index is 0.0202. The first kappa shape index (κ1) is 17.7. The highest BCUT2D eigenvalue weighted by Gasteiger charge is 2.20. The molecule has 1 saturated heterocycles. The molecule has 3 N–H and O–H groups in total. The molecule has 1 aliphatic heterocycles. The minimum atomic E-state index is -0.0202. The zero-order valence-electron chi connectivity index (χ0n) is 14.3. The number of para-hydroxylation sites is 2. The van der Waals surface area contributed by atoms with Gasteiger partial charge < -0.3 is 15.8 Å². The number of ether oxygens (including phenoxy) is 1. The van der Waals surface area contributed by atoms with Gasteiger partial charge in [-0.2, -0.15) is 0 Å². The minimum Gasteiger partial charge on any atom is -0.495 e. The van der Waals surface area contributed by atoms with Crippen LogP contribution in [0.3, 0.4) is 0 Å². The Balaban J connectivity index is 1.44. The van der Waals surface area contributed by atoms with Gasteiger partial charge in [-0.1, -0.05) is 12.1 Å². The predicted molar refractivity (Wildman–Crippen MR) is 99.9 cm³/mol. The lowest BCUT2D eigenvalue weighted by atomic mass is 10.2. The quantitative estimate of drug-likeness (QED) is 0.811. The molecule has 134 valence electrons. The van der Waals surface area contributed by atoms with E-state index in [2.05, 4.69) is 20.1 Å². The van der Waals surface area contributed by atoms with Gasteiger partial charge in [0.15, 0.2) is 5.13 Å². The summed E-state index contributed by atoms with van der Waals surface area (Å²) in [5, 5.41) is 3.54. The number of piperazine rings is 1. The molecule has 0 unspecified atom stereocenters. The third-order valence-corrected chi connectivity index (χ3v) is 4.98. The van der Waals surface area contributed by atoms with E-state index in [1.165, 1.54) is 16.2 Å². The number of aromatic nitrogens is 1. The summed E-state index contributed by atoms with van der Waals surface area (Å²) in [6, 6.07) is 7.43. The van der Waals surface area contributed by atoms with Crippen molar-refractivity contribution >= 4 is 28.1 Å². The van der Waals surface area contributed by atoms with Gasteiger partial charge in [-0.05, 0) is 12.1 Å². The second kappa shape index (κ2) is 8.28. The van der Waals surface area contributed by atoms with E-state index in [1.807, 2.05) is 30.5 Å². The third-order valence-electron chi connectivity index (χ3n) is 4.16. The van der Waals surface area contributed by atoms with Crippen LogP contribution in [0.15, 0.2) is 30.5 Å². The number of nitrogens with two attached hydrogens (primary N) is 1. The van der Waals surface area contributed by atoms with Crippen LogP contribution in [-0.4, -0.2) is 60.5 Å². The highest BCUT2D eigenvalue weighted by atomic mass is 32.1. The second-order valence-electron chi connectivity index (χ2n) is 5.97. The molecule has 0 atom stereocenters. The summed E-state index contributed by atoms with van der Waals surface area (Å²) in [5.74, 6) is 0.651. The van der Waals surface area contributed by atoms with Crippen molar-refractivity contribution in [2.24, 2.45) is 0 Å². The molecular formula is C17H23N5O2S. The Morgan fingerprint density at radius 3 is 2.68 bits per heavy atom. The van der Waals surface area contributed by atoms with E-state index in [0.717, 1.165) is 32.7 Å². The summed E-state index contributed by atoms with van der Waals surface area (Å²) in [7, 11) is 1.60. The number of rotatable bonds is 6. The Labute approximate surface area is 151 Å². The summed E-state index contributed by atoms with van der Waals surface area (Å²) >= 11 is 1.53. The lowest BCUT2D eigenvalue weighted by molar-refractivity contribution is -0.117. The van der Waals surface area contributed by atoms with Crippen LogP contribution in [0.1, 0.15) is 4.88 Å². The topological polar surface area (TPSA) is 83.7 Å². The molecule has 0 saturated carbocycles. The van der Waals surface area contributed by atoms with Crippen LogP contribution in [0, 0.1) is 0 Å². The monoisotopic (exact) mass is 361 g/mol. The van der Waals surface area contributed by atoms with E-state index in [1.54, 1.807) is 7.11 Å². The highest BCUT2D eigenvalue weighted by molar-refractivity contribution is 7.15. The van der Waals surface area contributed by atoms with Gasteiger partial charge in [0, 0.05) is 43.8 Å². The van der Waals surface area contributed by atoms with Crippen LogP contribution in [0.4, 0.5) is 10.8 Å². The Morgan fingerprint density at radius 2 is 2.00 bits per heavy atom. The standard InChI is InChI=1S/C17H23N5O2S/c1-24-15-5-3-2-4-14(15)20-16(23)12-22-8-6-21(7-9-22)11-13-10-19-17(18)25-13/h2-5,10H,6-9,11-12H2,1H3,(H2,18,19)(H,20,23). The fourth-order valence-electron chi connectivity index (χ4n) is 2.86. The van der Waals surface area contributed by atoms with Crippen LogP contribution in [-0.2, 0) is 11.3 Å². The highest BCUT2D eigenvalue weighted by Crippen LogP contribution is 2.23. The molecule has 25 heavy (non-hydrogen) atoms. The van der Waals surface area contributed by atoms with E-state index in [4.69, 9.17) is 10.5 Å². The molecule has 1 aliphatic rings. The number of carbonyl (C=O) groups excluding carboxylic acids is 1. The molecule has 7 nitrogen and oxygen atoms in total. The molecule has 0 bridgehead atoms. The molecule has 1 amide bonds. The van der Waals surface area contributed by atoms with Gasteiger partial charge >= 0.3 is 0 Å². The molecule has 8 heteroatoms. The molecule has 0 aliphatic carbocycles. The van der Waals surface area contributed by atoms with Gasteiger partial charge in [-0.15, -0.1) is 11.3 Å². The Morgan fingerprint density at radius 1 is 1.28 bits per heavy atom. The van der Waals surface area contributed by atoms with Gasteiger partial charge in [-0.3, -0.25) is 14.6 Å². The zero-order valence-corrected chi connectivity index (χ0v) is 15.1. The van der Waals surface area contributed by atoms with Crippen molar-refractivity contribution in [1.29, 1.82) is 0 Å². The molecule has 1 aromatic carbocycles. The number of carbonyl (C=O) groups is 1. The van der Waals surface area contributed by atoms with Gasteiger partial charge in [-0.25, -0.2) is 4.98 Å². The number of methoxy groups -OCH3 is 1. The number of hydrogen-bond donors (Lipinski definition) is 2. The Kier molecular flexibility index (Phi) is 5.85. The van der Waals surface area contributed by atoms with Crippen LogP contribution in [0.2, 0.25) is 0 Å². The maximum absolute atomic E-state index is 12.3. The van der Waals surface area contributed by atoms with Crippen molar-refractivity contribution in [1.82, 2.24) is 14.8 Å². The summed E-state index contributed by atoms with van der Waals surface area (Å²) in [6.07, 6.45) is 1.84. The van der Waals surface area contributed by atoms with Crippen molar-refractivity contribution in [2.45, 2.75) is 6.54 Å². The largest absolute Gasteiger partial charge is 0.495 e.